The Kier molecular flexibility index (Phi) is 6.55. The van der Waals surface area contributed by atoms with E-state index in [9.17, 15) is 9.59 Å². The van der Waals surface area contributed by atoms with E-state index in [2.05, 4.69) is 15.5 Å². The van der Waals surface area contributed by atoms with Crippen LogP contribution in [0.15, 0.2) is 33.0 Å². The highest BCUT2D eigenvalue weighted by Gasteiger charge is 2.14. The number of aromatic nitrogens is 2. The lowest BCUT2D eigenvalue weighted by molar-refractivity contribution is -0.115. The van der Waals surface area contributed by atoms with Crippen LogP contribution < -0.4 is 15.8 Å². The molecular formula is C19H20N4O4S2. The van der Waals surface area contributed by atoms with E-state index in [0.717, 1.165) is 26.9 Å². The topological polar surface area (TPSA) is 120 Å². The Labute approximate surface area is 175 Å². The number of hydrogen-bond acceptors (Lipinski definition) is 8. The first-order valence-electron chi connectivity index (χ1n) is 8.68. The van der Waals surface area contributed by atoms with Crippen molar-refractivity contribution in [2.24, 2.45) is 5.73 Å². The quantitative estimate of drug-likeness (QED) is 0.523. The van der Waals surface area contributed by atoms with E-state index in [0.29, 0.717) is 23.1 Å². The Morgan fingerprint density at radius 2 is 1.93 bits per heavy atom. The lowest BCUT2D eigenvalue weighted by atomic mass is 10.2. The largest absolute Gasteiger partial charge is 0.489 e. The zero-order valence-electron chi connectivity index (χ0n) is 16.1. The lowest BCUT2D eigenvalue weighted by Crippen LogP contribution is -2.12. The van der Waals surface area contributed by atoms with Gasteiger partial charge in [0.05, 0.1) is 26.9 Å². The van der Waals surface area contributed by atoms with Crippen molar-refractivity contribution in [3.8, 4) is 5.75 Å². The number of primary amides is 1. The molecule has 10 heteroatoms. The van der Waals surface area contributed by atoms with E-state index < -0.39 is 5.91 Å². The Bertz CT molecular complexity index is 1010. The number of ether oxygens (including phenoxy) is 1. The number of thiazole rings is 1. The van der Waals surface area contributed by atoms with E-state index in [1.165, 1.54) is 23.1 Å². The number of nitrogens with two attached hydrogens (primary N) is 1. The van der Waals surface area contributed by atoms with Gasteiger partial charge in [-0.3, -0.25) is 14.9 Å². The molecule has 2 aromatic heterocycles. The van der Waals surface area contributed by atoms with Gasteiger partial charge in [-0.2, -0.15) is 0 Å². The second-order valence-corrected chi connectivity index (χ2v) is 8.46. The number of carbonyl (C=O) groups is 2. The maximum atomic E-state index is 12.5. The molecule has 0 atom stereocenters. The van der Waals surface area contributed by atoms with Crippen molar-refractivity contribution in [1.29, 1.82) is 0 Å². The highest BCUT2D eigenvalue weighted by atomic mass is 32.2. The van der Waals surface area contributed by atoms with Gasteiger partial charge in [0.2, 0.25) is 5.91 Å². The molecule has 0 spiro atoms. The molecule has 2 amide bonds. The summed E-state index contributed by atoms with van der Waals surface area (Å²) < 4.78 is 11.7. The first-order valence-corrected chi connectivity index (χ1v) is 10.5. The summed E-state index contributed by atoms with van der Waals surface area (Å²) in [5.41, 5.74) is 8.11. The third kappa shape index (κ3) is 5.36. The number of anilines is 1. The number of carbonyl (C=O) groups excluding carboxylic acids is 2. The molecule has 29 heavy (non-hydrogen) atoms. The van der Waals surface area contributed by atoms with Crippen LogP contribution in [0.4, 0.5) is 5.13 Å². The van der Waals surface area contributed by atoms with Gasteiger partial charge in [0, 0.05) is 5.56 Å². The van der Waals surface area contributed by atoms with E-state index in [-0.39, 0.29) is 11.7 Å². The molecule has 0 fully saturated rings. The molecule has 2 heterocycles. The lowest BCUT2D eigenvalue weighted by Gasteiger charge is -2.07. The minimum atomic E-state index is -0.398. The monoisotopic (exact) mass is 432 g/mol. The molecule has 0 saturated carbocycles. The maximum Gasteiger partial charge on any atom is 0.257 e. The van der Waals surface area contributed by atoms with E-state index in [4.69, 9.17) is 15.0 Å². The predicted octanol–water partition coefficient (Wildman–Crippen LogP) is 3.47. The van der Waals surface area contributed by atoms with E-state index in [1.807, 2.05) is 20.8 Å². The van der Waals surface area contributed by atoms with Crippen molar-refractivity contribution in [3.63, 3.8) is 0 Å². The van der Waals surface area contributed by atoms with Crippen LogP contribution >= 0.6 is 23.1 Å². The Hall–Kier alpha value is -2.85. The fraction of sp³-hybridized carbons (Fsp3) is 0.263. The minimum absolute atomic E-state index is 0.172. The van der Waals surface area contributed by atoms with Crippen molar-refractivity contribution >= 4 is 40.0 Å². The van der Waals surface area contributed by atoms with Gasteiger partial charge in [-0.15, -0.1) is 11.8 Å². The number of aryl methyl sites for hydroxylation is 3. The molecular weight excluding hydrogens is 412 g/mol. The SMILES string of the molecule is Cc1nc(NC(=O)c2ccc(OCc3c(C)noc3C)cc2)sc1SCC(N)=O. The fourth-order valence-electron chi connectivity index (χ4n) is 2.44. The first kappa shape index (κ1) is 20.9. The summed E-state index contributed by atoms with van der Waals surface area (Å²) in [5, 5.41) is 7.14. The highest BCUT2D eigenvalue weighted by Crippen LogP contribution is 2.32. The van der Waals surface area contributed by atoms with Crippen LogP contribution in [0.1, 0.15) is 33.1 Å². The van der Waals surface area contributed by atoms with Crippen molar-refractivity contribution in [1.82, 2.24) is 10.1 Å². The van der Waals surface area contributed by atoms with Crippen LogP contribution in [-0.2, 0) is 11.4 Å². The second-order valence-electron chi connectivity index (χ2n) is 6.22. The third-order valence-electron chi connectivity index (χ3n) is 4.00. The van der Waals surface area contributed by atoms with Gasteiger partial charge in [-0.25, -0.2) is 4.98 Å². The van der Waals surface area contributed by atoms with Gasteiger partial charge in [0.25, 0.3) is 5.91 Å². The predicted molar refractivity (Wildman–Crippen MR) is 111 cm³/mol. The van der Waals surface area contributed by atoms with Crippen molar-refractivity contribution in [2.75, 3.05) is 11.1 Å². The fourth-order valence-corrected chi connectivity index (χ4v) is 4.31. The van der Waals surface area contributed by atoms with Crippen LogP contribution in [0.5, 0.6) is 5.75 Å². The van der Waals surface area contributed by atoms with E-state index >= 15 is 0 Å². The number of nitrogens with one attached hydrogen (secondary N) is 1. The Balaban J connectivity index is 1.59. The summed E-state index contributed by atoms with van der Waals surface area (Å²) >= 11 is 2.62. The molecule has 0 saturated heterocycles. The standard InChI is InChI=1S/C19H20N4O4S2/c1-10-15(12(3)27-23-10)8-26-14-6-4-13(5-7-14)17(25)22-19-21-11(2)18(29-19)28-9-16(20)24/h4-7H,8-9H2,1-3H3,(H2,20,24)(H,21,22,25). The van der Waals surface area contributed by atoms with Gasteiger partial charge >= 0.3 is 0 Å². The summed E-state index contributed by atoms with van der Waals surface area (Å²) in [5.74, 6) is 0.862. The Morgan fingerprint density at radius 1 is 1.21 bits per heavy atom. The van der Waals surface area contributed by atoms with Crippen molar-refractivity contribution in [3.05, 3.63) is 52.5 Å². The third-order valence-corrected chi connectivity index (χ3v) is 6.46. The average molecular weight is 433 g/mol. The van der Waals surface area contributed by atoms with Crippen LogP contribution in [0.25, 0.3) is 0 Å². The first-order chi connectivity index (χ1) is 13.8. The minimum Gasteiger partial charge on any atom is -0.489 e. The summed E-state index contributed by atoms with van der Waals surface area (Å²) in [6, 6.07) is 6.82. The summed E-state index contributed by atoms with van der Waals surface area (Å²) in [4.78, 5) is 27.7. The van der Waals surface area contributed by atoms with E-state index in [1.54, 1.807) is 24.3 Å². The molecule has 152 valence electrons. The maximum absolute atomic E-state index is 12.5. The number of thioether (sulfide) groups is 1. The number of rotatable bonds is 8. The number of nitrogens with zero attached hydrogens (tertiary/aromatic N) is 2. The molecule has 3 aromatic rings. The zero-order valence-corrected chi connectivity index (χ0v) is 17.8. The van der Waals surface area contributed by atoms with Crippen LogP contribution in [0, 0.1) is 20.8 Å². The molecule has 3 rings (SSSR count). The normalized spacial score (nSPS) is 10.7. The van der Waals surface area contributed by atoms with Crippen LogP contribution in [0.2, 0.25) is 0 Å². The van der Waals surface area contributed by atoms with Crippen molar-refractivity contribution in [2.45, 2.75) is 31.6 Å². The summed E-state index contributed by atoms with van der Waals surface area (Å²) in [6.07, 6.45) is 0. The number of hydrogen-bond donors (Lipinski definition) is 2. The summed E-state index contributed by atoms with van der Waals surface area (Å²) in [6.45, 7) is 5.86. The molecule has 3 N–H and O–H groups in total. The van der Waals surface area contributed by atoms with Gasteiger partial charge < -0.3 is 15.0 Å². The zero-order chi connectivity index (χ0) is 21.0. The average Bonchev–Trinajstić information content (AvgIpc) is 3.20. The molecule has 1 aromatic carbocycles. The van der Waals surface area contributed by atoms with Gasteiger partial charge in [0.1, 0.15) is 18.1 Å². The number of benzene rings is 1. The molecule has 0 radical (unpaired) electrons. The molecule has 0 bridgehead atoms. The Morgan fingerprint density at radius 3 is 2.55 bits per heavy atom. The van der Waals surface area contributed by atoms with Crippen LogP contribution in [-0.4, -0.2) is 27.7 Å². The summed E-state index contributed by atoms with van der Waals surface area (Å²) in [7, 11) is 0. The van der Waals surface area contributed by atoms with Gasteiger partial charge in [-0.1, -0.05) is 16.5 Å². The van der Waals surface area contributed by atoms with Crippen molar-refractivity contribution < 1.29 is 18.8 Å². The molecule has 0 aliphatic heterocycles. The van der Waals surface area contributed by atoms with Gasteiger partial charge in [-0.05, 0) is 45.0 Å². The molecule has 0 aliphatic rings. The number of amides is 2. The smallest absolute Gasteiger partial charge is 0.257 e. The molecule has 8 nitrogen and oxygen atoms in total. The molecule has 0 unspecified atom stereocenters. The second kappa shape index (κ2) is 9.10. The highest BCUT2D eigenvalue weighted by molar-refractivity contribution is 8.01. The molecule has 0 aliphatic carbocycles. The van der Waals surface area contributed by atoms with Gasteiger partial charge in [0.15, 0.2) is 5.13 Å². The van der Waals surface area contributed by atoms with Crippen LogP contribution in [0.3, 0.4) is 0 Å².